The summed E-state index contributed by atoms with van der Waals surface area (Å²) in [5, 5.41) is 13.2. The van der Waals surface area contributed by atoms with E-state index >= 15 is 0 Å². The Kier molecular flexibility index (Phi) is 10.3. The number of piperazine rings is 1. The molecule has 2 saturated heterocycles. The third-order valence-electron chi connectivity index (χ3n) is 8.50. The maximum Gasteiger partial charge on any atom is 0.344 e. The van der Waals surface area contributed by atoms with Crippen LogP contribution in [0.4, 0.5) is 4.79 Å². The molecular formula is C32H42N4O5. The number of urea groups is 1. The topological polar surface area (TPSA) is 93.6 Å². The number of allylic oxidation sites excluding steroid dienone is 1. The van der Waals surface area contributed by atoms with Crippen LogP contribution in [-0.2, 0) is 9.59 Å². The van der Waals surface area contributed by atoms with Gasteiger partial charge >= 0.3 is 6.03 Å². The number of amides is 3. The monoisotopic (exact) mass is 562 g/mol. The van der Waals surface area contributed by atoms with E-state index < -0.39 is 23.7 Å². The number of likely N-dealkylation sites (tertiary alicyclic amines) is 1. The summed E-state index contributed by atoms with van der Waals surface area (Å²) in [6, 6.07) is 16.5. The predicted octanol–water partition coefficient (Wildman–Crippen LogP) is 4.20. The molecule has 2 atom stereocenters. The van der Waals surface area contributed by atoms with Crippen LogP contribution in [0.25, 0.3) is 0 Å². The highest BCUT2D eigenvalue weighted by Crippen LogP contribution is 2.47. The number of nitrogens with zero attached hydrogens (tertiary/aromatic N) is 4. The molecule has 3 amide bonds. The number of aryl methyl sites for hydroxylation is 1. The standard InChI is InChI=1S/C32H42N4O5/c1-4-32(5-2)29(39)35(30(32)41-27-11-7-6-8-12-27)31(40)36(34-20-18-33(19-21-34)22-24-38)28(13-9-10-23-37)26-16-14-25(3)15-17-26/h6-8,10-12,14-17,28,30,38H,4-5,9,13,18-22,24H2,1-3H3. The molecule has 2 heterocycles. The normalized spacial score (nSPS) is 19.7. The molecule has 0 saturated carbocycles. The lowest BCUT2D eigenvalue weighted by Gasteiger charge is -2.56. The van der Waals surface area contributed by atoms with Crippen molar-refractivity contribution in [3.8, 4) is 5.75 Å². The van der Waals surface area contributed by atoms with Crippen LogP contribution in [0, 0.1) is 12.3 Å². The first kappa shape index (κ1) is 30.5. The molecule has 0 radical (unpaired) electrons. The van der Waals surface area contributed by atoms with Crippen LogP contribution in [0.15, 0.2) is 60.7 Å². The summed E-state index contributed by atoms with van der Waals surface area (Å²) in [6.07, 6.45) is 2.72. The fourth-order valence-electron chi connectivity index (χ4n) is 5.91. The molecule has 9 heteroatoms. The van der Waals surface area contributed by atoms with Crippen molar-refractivity contribution in [1.29, 1.82) is 0 Å². The lowest BCUT2D eigenvalue weighted by atomic mass is 9.72. The third-order valence-corrected chi connectivity index (χ3v) is 8.50. The molecule has 1 N–H and O–H groups in total. The Morgan fingerprint density at radius 3 is 2.34 bits per heavy atom. The van der Waals surface area contributed by atoms with Crippen molar-refractivity contribution in [3.63, 3.8) is 0 Å². The number of ether oxygens (including phenoxy) is 1. The second-order valence-corrected chi connectivity index (χ2v) is 10.8. The highest BCUT2D eigenvalue weighted by atomic mass is 16.5. The zero-order valence-electron chi connectivity index (χ0n) is 24.4. The third kappa shape index (κ3) is 6.39. The Balaban J connectivity index is 1.73. The molecule has 2 aromatic rings. The molecule has 41 heavy (non-hydrogen) atoms. The molecule has 0 spiro atoms. The highest BCUT2D eigenvalue weighted by molar-refractivity contribution is 6.03. The first-order chi connectivity index (χ1) is 19.9. The van der Waals surface area contributed by atoms with Crippen LogP contribution in [0.2, 0.25) is 0 Å². The second kappa shape index (κ2) is 13.9. The van der Waals surface area contributed by atoms with Crippen molar-refractivity contribution in [1.82, 2.24) is 19.8 Å². The van der Waals surface area contributed by atoms with Crippen LogP contribution in [0.3, 0.4) is 0 Å². The van der Waals surface area contributed by atoms with Gasteiger partial charge in [0.1, 0.15) is 17.1 Å². The van der Waals surface area contributed by atoms with Crippen molar-refractivity contribution >= 4 is 17.9 Å². The van der Waals surface area contributed by atoms with Gasteiger partial charge < -0.3 is 9.84 Å². The fraction of sp³-hybridized carbons (Fsp3) is 0.500. The van der Waals surface area contributed by atoms with Crippen molar-refractivity contribution in [2.24, 2.45) is 5.41 Å². The van der Waals surface area contributed by atoms with Crippen LogP contribution >= 0.6 is 0 Å². The van der Waals surface area contributed by atoms with Crippen LogP contribution in [0.1, 0.15) is 56.7 Å². The maximum atomic E-state index is 14.6. The Morgan fingerprint density at radius 2 is 1.76 bits per heavy atom. The lowest BCUT2D eigenvalue weighted by Crippen LogP contribution is -2.75. The number of hydrogen-bond donors (Lipinski definition) is 1. The molecular weight excluding hydrogens is 520 g/mol. The van der Waals surface area contributed by atoms with E-state index in [4.69, 9.17) is 4.74 Å². The van der Waals surface area contributed by atoms with E-state index in [1.807, 2.05) is 86.3 Å². The van der Waals surface area contributed by atoms with E-state index in [2.05, 4.69) is 4.90 Å². The van der Waals surface area contributed by atoms with Gasteiger partial charge in [0.05, 0.1) is 12.6 Å². The molecule has 2 unspecified atom stereocenters. The molecule has 0 aliphatic carbocycles. The average Bonchev–Trinajstić information content (AvgIpc) is 2.99. The van der Waals surface area contributed by atoms with Gasteiger partial charge in [0.25, 0.3) is 0 Å². The largest absolute Gasteiger partial charge is 0.469 e. The summed E-state index contributed by atoms with van der Waals surface area (Å²) in [4.78, 5) is 43.0. The molecule has 2 aliphatic heterocycles. The van der Waals surface area contributed by atoms with Crippen molar-refractivity contribution < 1.29 is 24.2 Å². The number of rotatable bonds is 12. The van der Waals surface area contributed by atoms with E-state index in [0.717, 1.165) is 11.1 Å². The smallest absolute Gasteiger partial charge is 0.344 e. The van der Waals surface area contributed by atoms with Crippen molar-refractivity contribution in [2.45, 2.75) is 58.7 Å². The number of hydrogen-bond acceptors (Lipinski definition) is 7. The van der Waals surface area contributed by atoms with Gasteiger partial charge in [-0.15, -0.1) is 0 Å². The number of para-hydroxylation sites is 1. The summed E-state index contributed by atoms with van der Waals surface area (Å²) < 4.78 is 6.38. The molecule has 0 bridgehead atoms. The Labute approximate surface area is 242 Å². The minimum absolute atomic E-state index is 0.0730. The van der Waals surface area contributed by atoms with Crippen molar-refractivity contribution in [2.75, 3.05) is 39.3 Å². The van der Waals surface area contributed by atoms with E-state index in [1.54, 1.807) is 5.01 Å². The fourth-order valence-corrected chi connectivity index (χ4v) is 5.91. The number of carbonyl (C=O) groups is 2. The molecule has 9 nitrogen and oxygen atoms in total. The Hall–Kier alpha value is -3.49. The van der Waals surface area contributed by atoms with Gasteiger partial charge in [0.2, 0.25) is 5.91 Å². The minimum atomic E-state index is -0.795. The highest BCUT2D eigenvalue weighted by Gasteiger charge is 2.64. The molecule has 2 fully saturated rings. The zero-order valence-corrected chi connectivity index (χ0v) is 24.4. The number of aliphatic hydroxyl groups excluding tert-OH is 1. The molecule has 220 valence electrons. The second-order valence-electron chi connectivity index (χ2n) is 10.8. The van der Waals surface area contributed by atoms with E-state index in [-0.39, 0.29) is 12.5 Å². The minimum Gasteiger partial charge on any atom is -0.469 e. The van der Waals surface area contributed by atoms with Gasteiger partial charge in [-0.3, -0.25) is 9.69 Å². The van der Waals surface area contributed by atoms with Gasteiger partial charge in [-0.05, 0) is 56.4 Å². The lowest BCUT2D eigenvalue weighted by molar-refractivity contribution is -0.197. The van der Waals surface area contributed by atoms with Gasteiger partial charge in [-0.25, -0.2) is 24.5 Å². The van der Waals surface area contributed by atoms with Crippen LogP contribution in [-0.4, -0.2) is 88.4 Å². The van der Waals surface area contributed by atoms with Crippen molar-refractivity contribution in [3.05, 3.63) is 71.8 Å². The predicted molar refractivity (Wildman–Crippen MR) is 156 cm³/mol. The van der Waals surface area contributed by atoms with Gasteiger partial charge in [-0.1, -0.05) is 61.9 Å². The summed E-state index contributed by atoms with van der Waals surface area (Å²) in [5.41, 5.74) is 1.23. The van der Waals surface area contributed by atoms with Gasteiger partial charge in [0.15, 0.2) is 6.23 Å². The first-order valence-corrected chi connectivity index (χ1v) is 14.6. The molecule has 2 aliphatic rings. The van der Waals surface area contributed by atoms with E-state index in [0.29, 0.717) is 64.2 Å². The van der Waals surface area contributed by atoms with E-state index in [1.165, 1.54) is 11.0 Å². The molecule has 4 rings (SSSR count). The first-order valence-electron chi connectivity index (χ1n) is 14.6. The molecule has 2 aromatic carbocycles. The Morgan fingerprint density at radius 1 is 1.10 bits per heavy atom. The maximum absolute atomic E-state index is 14.6. The van der Waals surface area contributed by atoms with Crippen LogP contribution in [0.5, 0.6) is 5.75 Å². The number of benzene rings is 2. The Bertz CT molecular complexity index is 1200. The SMILES string of the molecule is CCC1(CC)C(=O)N(C(=O)N(C(CCC=C=O)c2ccc(C)cc2)N2CCN(CCO)CC2)C1Oc1ccccc1. The summed E-state index contributed by atoms with van der Waals surface area (Å²) >= 11 is 0. The number of β-amino-alcohol motifs (C(OH)–C–C–N with tert-alkyl or cyclic N) is 1. The van der Waals surface area contributed by atoms with E-state index in [9.17, 15) is 19.5 Å². The van der Waals surface area contributed by atoms with Gasteiger partial charge in [0, 0.05) is 32.7 Å². The summed E-state index contributed by atoms with van der Waals surface area (Å²) in [6.45, 7) is 9.02. The number of β-lactam (4-membered cyclic amide) rings is 1. The number of aliphatic hydroxyl groups is 1. The zero-order chi connectivity index (χ0) is 29.4. The summed E-state index contributed by atoms with van der Waals surface area (Å²) in [7, 11) is 0. The average molecular weight is 563 g/mol. The summed E-state index contributed by atoms with van der Waals surface area (Å²) in [5.74, 6) is 2.23. The van der Waals surface area contributed by atoms with Gasteiger partial charge in [-0.2, -0.15) is 0 Å². The number of hydrazine groups is 1. The number of carbonyl (C=O) groups excluding carboxylic acids is 3. The molecule has 0 aromatic heterocycles. The number of imide groups is 1. The quantitative estimate of drug-likeness (QED) is 0.306. The van der Waals surface area contributed by atoms with Crippen LogP contribution < -0.4 is 4.74 Å².